The molecule has 0 aromatic rings. The van der Waals surface area contributed by atoms with Gasteiger partial charge in [-0.2, -0.15) is 0 Å². The van der Waals surface area contributed by atoms with Gasteiger partial charge in [-0.1, -0.05) is 13.8 Å². The molecule has 0 saturated heterocycles. The smallest absolute Gasteiger partial charge is 0.0499 e. The number of hydrogen-bond donors (Lipinski definition) is 1. The topological polar surface area (TPSA) is 32.7 Å². The van der Waals surface area contributed by atoms with Crippen LogP contribution in [0.3, 0.4) is 0 Å². The Bertz CT molecular complexity index is 138. The summed E-state index contributed by atoms with van der Waals surface area (Å²) < 4.78 is 5.03. The summed E-state index contributed by atoms with van der Waals surface area (Å²) in [6.45, 7) is 7.42. The Labute approximate surface area is 94.4 Å². The van der Waals surface area contributed by atoms with Crippen molar-refractivity contribution in [2.24, 2.45) is 5.41 Å². The maximum absolute atomic E-state index is 9.45. The number of ether oxygens (including phenoxy) is 1. The number of rotatable bonds is 9. The molecule has 0 radical (unpaired) electrons. The van der Waals surface area contributed by atoms with Crippen molar-refractivity contribution in [1.82, 2.24) is 4.90 Å². The van der Waals surface area contributed by atoms with Crippen LogP contribution in [0, 0.1) is 5.41 Å². The minimum Gasteiger partial charge on any atom is -0.396 e. The van der Waals surface area contributed by atoms with Crippen molar-refractivity contribution < 1.29 is 9.84 Å². The highest BCUT2D eigenvalue weighted by molar-refractivity contribution is 4.78. The third-order valence-corrected chi connectivity index (χ3v) is 3.33. The van der Waals surface area contributed by atoms with Crippen LogP contribution < -0.4 is 0 Å². The Balaban J connectivity index is 3.94. The molecule has 0 aliphatic heterocycles. The summed E-state index contributed by atoms with van der Waals surface area (Å²) >= 11 is 0. The van der Waals surface area contributed by atoms with Crippen LogP contribution >= 0.6 is 0 Å². The Hall–Kier alpha value is -0.120. The fourth-order valence-electron chi connectivity index (χ4n) is 1.88. The minimum atomic E-state index is 0.0851. The maximum Gasteiger partial charge on any atom is 0.0499 e. The average Bonchev–Trinajstić information content (AvgIpc) is 2.26. The first kappa shape index (κ1) is 14.9. The Morgan fingerprint density at radius 1 is 1.27 bits per heavy atom. The summed E-state index contributed by atoms with van der Waals surface area (Å²) in [5, 5.41) is 9.45. The SMILES string of the molecule is CCC(CC)(CO)CN(C)CCCOC. The van der Waals surface area contributed by atoms with Gasteiger partial charge in [0, 0.05) is 38.8 Å². The van der Waals surface area contributed by atoms with Gasteiger partial charge in [-0.15, -0.1) is 0 Å². The summed E-state index contributed by atoms with van der Waals surface area (Å²) in [6, 6.07) is 0. The number of aliphatic hydroxyl groups is 1. The van der Waals surface area contributed by atoms with Crippen LogP contribution in [-0.2, 0) is 4.74 Å². The summed E-state index contributed by atoms with van der Waals surface area (Å²) in [4.78, 5) is 2.29. The molecule has 3 nitrogen and oxygen atoms in total. The van der Waals surface area contributed by atoms with E-state index >= 15 is 0 Å². The Morgan fingerprint density at radius 3 is 2.27 bits per heavy atom. The van der Waals surface area contributed by atoms with E-state index in [1.54, 1.807) is 7.11 Å². The molecule has 0 aromatic carbocycles. The van der Waals surface area contributed by atoms with Crippen molar-refractivity contribution in [3.05, 3.63) is 0 Å². The fourth-order valence-corrected chi connectivity index (χ4v) is 1.88. The van der Waals surface area contributed by atoms with Gasteiger partial charge in [0.25, 0.3) is 0 Å². The number of methoxy groups -OCH3 is 1. The highest BCUT2D eigenvalue weighted by Gasteiger charge is 2.26. The van der Waals surface area contributed by atoms with Crippen LogP contribution in [0.2, 0.25) is 0 Å². The van der Waals surface area contributed by atoms with E-state index in [1.807, 2.05) is 0 Å². The van der Waals surface area contributed by atoms with E-state index in [2.05, 4.69) is 25.8 Å². The molecule has 0 aromatic heterocycles. The summed E-state index contributed by atoms with van der Waals surface area (Å²) in [6.07, 6.45) is 3.13. The van der Waals surface area contributed by atoms with E-state index in [4.69, 9.17) is 4.74 Å². The molecule has 0 bridgehead atoms. The highest BCUT2D eigenvalue weighted by Crippen LogP contribution is 2.26. The molecule has 15 heavy (non-hydrogen) atoms. The standard InChI is InChI=1S/C12H27NO2/c1-5-12(6-2,11-14)10-13(3)8-7-9-15-4/h14H,5-11H2,1-4H3. The van der Waals surface area contributed by atoms with Crippen molar-refractivity contribution in [2.75, 3.05) is 40.5 Å². The van der Waals surface area contributed by atoms with Gasteiger partial charge >= 0.3 is 0 Å². The lowest BCUT2D eigenvalue weighted by Crippen LogP contribution is -2.38. The predicted octanol–water partition coefficient (Wildman–Crippen LogP) is 1.75. The molecule has 0 amide bonds. The second-order valence-electron chi connectivity index (χ2n) is 4.45. The number of aliphatic hydroxyl groups excluding tert-OH is 1. The van der Waals surface area contributed by atoms with Gasteiger partial charge in [0.1, 0.15) is 0 Å². The van der Waals surface area contributed by atoms with Crippen molar-refractivity contribution >= 4 is 0 Å². The molecular weight excluding hydrogens is 190 g/mol. The molecule has 0 aliphatic rings. The monoisotopic (exact) mass is 217 g/mol. The zero-order valence-electron chi connectivity index (χ0n) is 10.8. The van der Waals surface area contributed by atoms with Gasteiger partial charge in [-0.3, -0.25) is 0 Å². The van der Waals surface area contributed by atoms with Gasteiger partial charge in [0.05, 0.1) is 0 Å². The third kappa shape index (κ3) is 5.50. The van der Waals surface area contributed by atoms with E-state index in [-0.39, 0.29) is 12.0 Å². The van der Waals surface area contributed by atoms with Crippen LogP contribution in [0.5, 0.6) is 0 Å². The van der Waals surface area contributed by atoms with E-state index in [1.165, 1.54) is 0 Å². The lowest BCUT2D eigenvalue weighted by Gasteiger charge is -2.34. The lowest BCUT2D eigenvalue weighted by molar-refractivity contribution is 0.0717. The van der Waals surface area contributed by atoms with E-state index in [9.17, 15) is 5.11 Å². The van der Waals surface area contributed by atoms with Gasteiger partial charge in [-0.05, 0) is 26.3 Å². The zero-order valence-corrected chi connectivity index (χ0v) is 10.8. The van der Waals surface area contributed by atoms with Crippen molar-refractivity contribution in [3.8, 4) is 0 Å². The molecule has 0 rings (SSSR count). The van der Waals surface area contributed by atoms with Gasteiger partial charge < -0.3 is 14.7 Å². The van der Waals surface area contributed by atoms with Crippen molar-refractivity contribution in [3.63, 3.8) is 0 Å². The molecule has 0 fully saturated rings. The van der Waals surface area contributed by atoms with Gasteiger partial charge in [0.2, 0.25) is 0 Å². The fraction of sp³-hybridized carbons (Fsp3) is 1.00. The average molecular weight is 217 g/mol. The molecule has 0 heterocycles. The quantitative estimate of drug-likeness (QED) is 0.597. The van der Waals surface area contributed by atoms with E-state index < -0.39 is 0 Å². The number of nitrogens with zero attached hydrogens (tertiary/aromatic N) is 1. The van der Waals surface area contributed by atoms with Gasteiger partial charge in [0.15, 0.2) is 0 Å². The molecular formula is C12H27NO2. The third-order valence-electron chi connectivity index (χ3n) is 3.33. The lowest BCUT2D eigenvalue weighted by atomic mass is 9.83. The van der Waals surface area contributed by atoms with Crippen LogP contribution in [0.25, 0.3) is 0 Å². The zero-order chi connectivity index (χ0) is 11.7. The second kappa shape index (κ2) is 8.08. The first-order valence-electron chi connectivity index (χ1n) is 5.92. The Kier molecular flexibility index (Phi) is 8.02. The molecule has 3 heteroatoms. The van der Waals surface area contributed by atoms with Crippen LogP contribution in [-0.4, -0.2) is 50.5 Å². The van der Waals surface area contributed by atoms with Crippen molar-refractivity contribution in [1.29, 1.82) is 0 Å². The molecule has 1 N–H and O–H groups in total. The normalized spacial score (nSPS) is 12.4. The molecule has 0 spiro atoms. The molecule has 0 saturated carbocycles. The van der Waals surface area contributed by atoms with Crippen molar-refractivity contribution in [2.45, 2.75) is 33.1 Å². The highest BCUT2D eigenvalue weighted by atomic mass is 16.5. The summed E-state index contributed by atoms with van der Waals surface area (Å²) in [5.41, 5.74) is 0.0851. The largest absolute Gasteiger partial charge is 0.396 e. The first-order chi connectivity index (χ1) is 7.14. The van der Waals surface area contributed by atoms with Crippen LogP contribution in [0.1, 0.15) is 33.1 Å². The maximum atomic E-state index is 9.45. The van der Waals surface area contributed by atoms with Crippen LogP contribution in [0.4, 0.5) is 0 Å². The molecule has 92 valence electrons. The molecule has 0 atom stereocenters. The summed E-state index contributed by atoms with van der Waals surface area (Å²) in [5.74, 6) is 0. The van der Waals surface area contributed by atoms with Gasteiger partial charge in [-0.25, -0.2) is 0 Å². The minimum absolute atomic E-state index is 0.0851. The van der Waals surface area contributed by atoms with E-state index in [0.717, 1.165) is 39.0 Å². The molecule has 0 aliphatic carbocycles. The molecule has 0 unspecified atom stereocenters. The first-order valence-corrected chi connectivity index (χ1v) is 5.92. The van der Waals surface area contributed by atoms with Crippen LogP contribution in [0.15, 0.2) is 0 Å². The Morgan fingerprint density at radius 2 is 1.87 bits per heavy atom. The second-order valence-corrected chi connectivity index (χ2v) is 4.45. The summed E-state index contributed by atoms with van der Waals surface area (Å²) in [7, 11) is 3.85. The van der Waals surface area contributed by atoms with E-state index in [0.29, 0.717) is 0 Å². The predicted molar refractivity (Wildman–Crippen MR) is 64.1 cm³/mol. The number of hydrogen-bond acceptors (Lipinski definition) is 3.